The first-order valence-corrected chi connectivity index (χ1v) is 23.5. The second kappa shape index (κ2) is 37.7. The molecule has 0 heterocycles. The Balaban J connectivity index is 4.45. The van der Waals surface area contributed by atoms with Gasteiger partial charge in [-0.05, 0) is 51.9 Å². The molecule has 0 bridgehead atoms. The number of hydrogen-bond donors (Lipinski definition) is 13. The van der Waals surface area contributed by atoms with Gasteiger partial charge in [-0.2, -0.15) is 0 Å². The molecular formula is C43H77BN8O15. The van der Waals surface area contributed by atoms with E-state index in [1.807, 2.05) is 0 Å². The van der Waals surface area contributed by atoms with Crippen molar-refractivity contribution in [2.24, 2.45) is 5.73 Å². The first kappa shape index (κ1) is 61.6. The van der Waals surface area contributed by atoms with Crippen LogP contribution in [0.1, 0.15) is 155 Å². The Hall–Kier alpha value is -5.36. The van der Waals surface area contributed by atoms with Crippen LogP contribution in [0.4, 0.5) is 0 Å². The zero-order valence-corrected chi connectivity index (χ0v) is 39.2. The average Bonchev–Trinajstić information content (AvgIpc) is 3.26. The smallest absolute Gasteiger partial charge is 0.326 e. The van der Waals surface area contributed by atoms with E-state index in [0.29, 0.717) is 25.7 Å². The van der Waals surface area contributed by atoms with Crippen molar-refractivity contribution in [3.05, 3.63) is 0 Å². The van der Waals surface area contributed by atoms with Crippen molar-refractivity contribution in [2.45, 2.75) is 191 Å². The Morgan fingerprint density at radius 3 is 1.33 bits per heavy atom. The monoisotopic (exact) mass is 957 g/mol. The molecule has 0 fully saturated rings. The lowest BCUT2D eigenvalue weighted by Crippen LogP contribution is -2.55. The number of hydrogen-bond acceptors (Lipinski definition) is 13. The summed E-state index contributed by atoms with van der Waals surface area (Å²) in [4.78, 5) is 120. The molecule has 0 rings (SSSR count). The first-order valence-electron chi connectivity index (χ1n) is 23.5. The molecule has 14 N–H and O–H groups in total. The SMILES string of the molecule is BN[C@@H](CCCCNC(=O)CNC(=O)[C@H](CO)NC(=O)CC[C@H](NC(=O)CC[C@H](NC(=O)CCCCCCCCCCCCCCCCC(=O)O)C(=O)O)C(=O)O)C(=O)NC(C(N)=O)[C@@H](C)O. The first-order chi connectivity index (χ1) is 31.8. The van der Waals surface area contributed by atoms with Gasteiger partial charge in [0.15, 0.2) is 7.98 Å². The van der Waals surface area contributed by atoms with Gasteiger partial charge in [-0.3, -0.25) is 38.4 Å². The van der Waals surface area contributed by atoms with Gasteiger partial charge in [-0.25, -0.2) is 9.59 Å². The highest BCUT2D eigenvalue weighted by Gasteiger charge is 2.28. The lowest BCUT2D eigenvalue weighted by atomic mass is 10.0. The zero-order valence-electron chi connectivity index (χ0n) is 39.2. The molecular weight excluding hydrogens is 879 g/mol. The Labute approximate surface area is 393 Å². The summed E-state index contributed by atoms with van der Waals surface area (Å²) in [7, 11) is 1.54. The number of nitrogens with one attached hydrogen (secondary N) is 7. The molecule has 1 unspecified atom stereocenters. The summed E-state index contributed by atoms with van der Waals surface area (Å²) in [5.74, 6) is -8.68. The van der Waals surface area contributed by atoms with E-state index in [1.165, 1.54) is 34.2 Å². The summed E-state index contributed by atoms with van der Waals surface area (Å²) in [6.07, 6.45) is 12.9. The molecule has 0 aromatic carbocycles. The van der Waals surface area contributed by atoms with Crippen molar-refractivity contribution < 1.29 is 73.5 Å². The van der Waals surface area contributed by atoms with Crippen molar-refractivity contribution in [3.8, 4) is 0 Å². The number of carboxylic acid groups (broad SMARTS) is 3. The van der Waals surface area contributed by atoms with Gasteiger partial charge in [0, 0.05) is 32.2 Å². The Morgan fingerprint density at radius 1 is 0.493 bits per heavy atom. The van der Waals surface area contributed by atoms with Gasteiger partial charge in [0.2, 0.25) is 41.4 Å². The highest BCUT2D eigenvalue weighted by Crippen LogP contribution is 2.14. The normalized spacial score (nSPS) is 13.7. The number of rotatable bonds is 42. The molecule has 67 heavy (non-hydrogen) atoms. The molecule has 6 atom stereocenters. The molecule has 0 aliphatic rings. The molecule has 24 heteroatoms. The largest absolute Gasteiger partial charge is 0.481 e. The van der Waals surface area contributed by atoms with Gasteiger partial charge in [0.25, 0.3) is 0 Å². The summed E-state index contributed by atoms with van der Waals surface area (Å²) >= 11 is 0. The van der Waals surface area contributed by atoms with Crippen molar-refractivity contribution in [3.63, 3.8) is 0 Å². The summed E-state index contributed by atoms with van der Waals surface area (Å²) in [6.45, 7) is 0.120. The van der Waals surface area contributed by atoms with Crippen LogP contribution >= 0.6 is 0 Å². The average molecular weight is 957 g/mol. The van der Waals surface area contributed by atoms with E-state index in [9.17, 15) is 68.4 Å². The minimum absolute atomic E-state index is 0.115. The quantitative estimate of drug-likeness (QED) is 0.0251. The summed E-state index contributed by atoms with van der Waals surface area (Å²) < 4.78 is 0. The van der Waals surface area contributed by atoms with E-state index in [1.54, 1.807) is 0 Å². The fourth-order valence-electron chi connectivity index (χ4n) is 6.89. The molecule has 0 aromatic heterocycles. The van der Waals surface area contributed by atoms with Crippen LogP contribution in [0.3, 0.4) is 0 Å². The lowest BCUT2D eigenvalue weighted by Gasteiger charge is -2.22. The number of carboxylic acids is 3. The van der Waals surface area contributed by atoms with Gasteiger partial charge < -0.3 is 68.4 Å². The van der Waals surface area contributed by atoms with Crippen LogP contribution in [0.2, 0.25) is 0 Å². The molecule has 0 saturated carbocycles. The third-order valence-electron chi connectivity index (χ3n) is 10.9. The zero-order chi connectivity index (χ0) is 50.6. The van der Waals surface area contributed by atoms with E-state index < -0.39 is 128 Å². The van der Waals surface area contributed by atoms with Crippen LogP contribution in [-0.2, 0) is 47.9 Å². The molecule has 7 amide bonds. The Morgan fingerprint density at radius 2 is 0.925 bits per heavy atom. The van der Waals surface area contributed by atoms with Crippen LogP contribution in [0.5, 0.6) is 0 Å². The van der Waals surface area contributed by atoms with Crippen LogP contribution in [-0.4, -0.2) is 149 Å². The molecule has 0 spiro atoms. The Bertz CT molecular complexity index is 1560. The molecule has 0 aromatic rings. The maximum Gasteiger partial charge on any atom is 0.326 e. The fraction of sp³-hybridized carbons (Fsp3) is 0.767. The highest BCUT2D eigenvalue weighted by atomic mass is 16.4. The molecule has 0 aliphatic heterocycles. The molecule has 0 saturated heterocycles. The number of amides is 7. The number of aliphatic carboxylic acids is 3. The van der Waals surface area contributed by atoms with Gasteiger partial charge in [-0.1, -0.05) is 77.0 Å². The fourth-order valence-corrected chi connectivity index (χ4v) is 6.89. The van der Waals surface area contributed by atoms with Crippen LogP contribution < -0.4 is 42.9 Å². The number of unbranched alkanes of at least 4 members (excludes halogenated alkanes) is 14. The number of primary amides is 1. The minimum atomic E-state index is -1.56. The maximum absolute atomic E-state index is 12.6. The van der Waals surface area contributed by atoms with Gasteiger partial charge in [-0.15, -0.1) is 0 Å². The molecule has 382 valence electrons. The number of aliphatic hydroxyl groups excluding tert-OH is 2. The second-order valence-corrected chi connectivity index (χ2v) is 16.7. The molecule has 0 radical (unpaired) electrons. The predicted octanol–water partition coefficient (Wildman–Crippen LogP) is -1.25. The molecule has 0 aliphatic carbocycles. The van der Waals surface area contributed by atoms with Crippen LogP contribution in [0.25, 0.3) is 0 Å². The number of carbonyl (C=O) groups is 10. The van der Waals surface area contributed by atoms with E-state index >= 15 is 0 Å². The van der Waals surface area contributed by atoms with E-state index in [2.05, 4.69) is 37.1 Å². The third kappa shape index (κ3) is 32.1. The number of carbonyl (C=O) groups excluding carboxylic acids is 7. The van der Waals surface area contributed by atoms with Crippen molar-refractivity contribution in [1.82, 2.24) is 37.1 Å². The minimum Gasteiger partial charge on any atom is -0.481 e. The van der Waals surface area contributed by atoms with Gasteiger partial charge >= 0.3 is 17.9 Å². The van der Waals surface area contributed by atoms with E-state index in [-0.39, 0.29) is 25.8 Å². The van der Waals surface area contributed by atoms with Crippen molar-refractivity contribution in [2.75, 3.05) is 19.7 Å². The van der Waals surface area contributed by atoms with Gasteiger partial charge in [0.1, 0.15) is 24.2 Å². The number of aliphatic hydroxyl groups is 2. The van der Waals surface area contributed by atoms with E-state index in [4.69, 9.17) is 10.8 Å². The lowest BCUT2D eigenvalue weighted by molar-refractivity contribution is -0.143. The maximum atomic E-state index is 12.6. The summed E-state index contributed by atoms with van der Waals surface area (Å²) in [5.41, 5.74) is 5.21. The van der Waals surface area contributed by atoms with Crippen LogP contribution in [0.15, 0.2) is 0 Å². The number of nitrogens with two attached hydrogens (primary N) is 1. The highest BCUT2D eigenvalue weighted by molar-refractivity contribution is 6.07. The topological polar surface area (TPSA) is 382 Å². The summed E-state index contributed by atoms with van der Waals surface area (Å²) in [5, 5.41) is 64.1. The van der Waals surface area contributed by atoms with Crippen molar-refractivity contribution >= 4 is 67.2 Å². The predicted molar refractivity (Wildman–Crippen MR) is 246 cm³/mol. The van der Waals surface area contributed by atoms with E-state index in [0.717, 1.165) is 64.2 Å². The second-order valence-electron chi connectivity index (χ2n) is 16.7. The standard InChI is InChI=1S/C43H77BN8O15/c1-28(54)38(39(45)61)51-41(63)29(52-44)18-16-17-25-46-36(58)26-47-40(62)32(27-53)50-35(57)24-22-31(43(66)67)49-34(56)23-21-30(42(64)65)48-33(55)19-14-12-10-8-6-4-2-3-5-7-9-11-13-15-20-37(59)60/h28-32,38,52-54H,2-27,44H2,1H3,(H2,45,61)(H,46,58)(H,47,62)(H,48,55)(H,49,56)(H,50,57)(H,51,63)(H,59,60)(H,64,65)(H,66,67)/t28-,29+,30+,31+,32+,38?/m1/s1. The van der Waals surface area contributed by atoms with Crippen molar-refractivity contribution in [1.29, 1.82) is 0 Å². The Kier molecular flexibility index (Phi) is 34.7. The third-order valence-corrected chi connectivity index (χ3v) is 10.9. The summed E-state index contributed by atoms with van der Waals surface area (Å²) in [6, 6.07) is -6.41. The van der Waals surface area contributed by atoms with Crippen LogP contribution in [0, 0.1) is 0 Å². The van der Waals surface area contributed by atoms with Gasteiger partial charge in [0.05, 0.1) is 25.3 Å². The molecule has 23 nitrogen and oxygen atoms in total.